The smallest absolute Gasteiger partial charge is 0.264 e. The second-order valence-electron chi connectivity index (χ2n) is 8.52. The number of rotatable bonds is 6. The summed E-state index contributed by atoms with van der Waals surface area (Å²) in [6.45, 7) is 11.5. The maximum atomic E-state index is 13.0. The van der Waals surface area contributed by atoms with Crippen LogP contribution in [0, 0.1) is 12.7 Å². The summed E-state index contributed by atoms with van der Waals surface area (Å²) in [5.74, 6) is 0.843. The fourth-order valence-electron chi connectivity index (χ4n) is 2.58. The van der Waals surface area contributed by atoms with E-state index in [0.717, 1.165) is 0 Å². The lowest BCUT2D eigenvalue weighted by atomic mass is 9.97. The van der Waals surface area contributed by atoms with Crippen molar-refractivity contribution in [2.24, 2.45) is 0 Å². The normalized spacial score (nSPS) is 12.1. The SMILES string of the molecule is Cc1nc(COc2ccc(F)cc2)sc1C(=O)NC(C)(C)c1noc(C(C)(C)C)n1. The zero-order chi connectivity index (χ0) is 22.1. The van der Waals surface area contributed by atoms with Crippen molar-refractivity contribution in [1.82, 2.24) is 20.4 Å². The molecule has 9 heteroatoms. The van der Waals surface area contributed by atoms with Crippen LogP contribution in [0.25, 0.3) is 0 Å². The van der Waals surface area contributed by atoms with Gasteiger partial charge in [0.2, 0.25) is 5.89 Å². The number of ether oxygens (including phenoxy) is 1. The number of benzene rings is 1. The highest BCUT2D eigenvalue weighted by molar-refractivity contribution is 7.13. The first-order valence-electron chi connectivity index (χ1n) is 9.47. The van der Waals surface area contributed by atoms with Gasteiger partial charge >= 0.3 is 0 Å². The summed E-state index contributed by atoms with van der Waals surface area (Å²) >= 11 is 1.25. The summed E-state index contributed by atoms with van der Waals surface area (Å²) in [5, 5.41) is 7.64. The molecule has 0 aliphatic heterocycles. The first-order chi connectivity index (χ1) is 14.0. The number of thiazole rings is 1. The molecule has 3 rings (SSSR count). The van der Waals surface area contributed by atoms with E-state index in [2.05, 4.69) is 20.4 Å². The van der Waals surface area contributed by atoms with Crippen molar-refractivity contribution in [2.75, 3.05) is 0 Å². The molecule has 1 aromatic carbocycles. The Morgan fingerprint density at radius 2 is 1.83 bits per heavy atom. The first-order valence-corrected chi connectivity index (χ1v) is 10.3. The van der Waals surface area contributed by atoms with Gasteiger partial charge in [0.25, 0.3) is 5.91 Å². The third-order valence-corrected chi connectivity index (χ3v) is 5.41. The lowest BCUT2D eigenvalue weighted by Crippen LogP contribution is -2.41. The van der Waals surface area contributed by atoms with Crippen molar-refractivity contribution in [3.8, 4) is 5.75 Å². The minimum atomic E-state index is -0.828. The molecule has 1 amide bonds. The maximum absolute atomic E-state index is 13.0. The van der Waals surface area contributed by atoms with Crippen molar-refractivity contribution >= 4 is 17.2 Å². The molecule has 0 bridgehead atoms. The Bertz CT molecular complexity index is 1040. The number of nitrogens with one attached hydrogen (secondary N) is 1. The molecular formula is C21H25FN4O3S. The van der Waals surface area contributed by atoms with Gasteiger partial charge in [0, 0.05) is 5.41 Å². The molecule has 2 heterocycles. The Morgan fingerprint density at radius 1 is 1.17 bits per heavy atom. The van der Waals surface area contributed by atoms with Gasteiger partial charge in [-0.15, -0.1) is 11.3 Å². The van der Waals surface area contributed by atoms with Crippen molar-refractivity contribution in [2.45, 2.75) is 59.1 Å². The minimum absolute atomic E-state index is 0.188. The number of aryl methyl sites for hydroxylation is 1. The molecule has 0 fully saturated rings. The molecule has 0 aliphatic carbocycles. The van der Waals surface area contributed by atoms with Crippen LogP contribution in [0.3, 0.4) is 0 Å². The van der Waals surface area contributed by atoms with Crippen LogP contribution in [-0.4, -0.2) is 21.0 Å². The van der Waals surface area contributed by atoms with Crippen molar-refractivity contribution in [1.29, 1.82) is 0 Å². The molecule has 2 aromatic heterocycles. The van der Waals surface area contributed by atoms with Gasteiger partial charge in [-0.3, -0.25) is 4.79 Å². The number of carbonyl (C=O) groups excluding carboxylic acids is 1. The molecule has 0 radical (unpaired) electrons. The highest BCUT2D eigenvalue weighted by Gasteiger charge is 2.32. The number of aromatic nitrogens is 3. The van der Waals surface area contributed by atoms with Crippen molar-refractivity contribution < 1.29 is 18.4 Å². The topological polar surface area (TPSA) is 90.1 Å². The van der Waals surface area contributed by atoms with E-state index in [-0.39, 0.29) is 23.7 Å². The van der Waals surface area contributed by atoms with Crippen LogP contribution in [0.15, 0.2) is 28.8 Å². The highest BCUT2D eigenvalue weighted by Crippen LogP contribution is 2.26. The predicted octanol–water partition coefficient (Wildman–Crippen LogP) is 4.52. The molecule has 3 aromatic rings. The monoisotopic (exact) mass is 432 g/mol. The number of hydrogen-bond donors (Lipinski definition) is 1. The average molecular weight is 433 g/mol. The van der Waals surface area contributed by atoms with Crippen LogP contribution in [0.5, 0.6) is 5.75 Å². The van der Waals surface area contributed by atoms with Crippen molar-refractivity contribution in [3.63, 3.8) is 0 Å². The first kappa shape index (κ1) is 21.9. The molecule has 0 spiro atoms. The summed E-state index contributed by atoms with van der Waals surface area (Å²) in [7, 11) is 0. The number of nitrogens with zero attached hydrogens (tertiary/aromatic N) is 3. The molecule has 0 saturated carbocycles. The van der Waals surface area contributed by atoms with Gasteiger partial charge in [-0.1, -0.05) is 25.9 Å². The highest BCUT2D eigenvalue weighted by atomic mass is 32.1. The summed E-state index contributed by atoms with van der Waals surface area (Å²) in [6, 6.07) is 5.74. The lowest BCUT2D eigenvalue weighted by Gasteiger charge is -2.22. The molecule has 0 unspecified atom stereocenters. The van der Waals surface area contributed by atoms with Crippen LogP contribution in [0.1, 0.15) is 66.7 Å². The van der Waals surface area contributed by atoms with Gasteiger partial charge in [-0.25, -0.2) is 9.37 Å². The van der Waals surface area contributed by atoms with Gasteiger partial charge < -0.3 is 14.6 Å². The van der Waals surface area contributed by atoms with E-state index in [1.165, 1.54) is 23.5 Å². The second-order valence-corrected chi connectivity index (χ2v) is 9.60. The van der Waals surface area contributed by atoms with E-state index in [1.807, 2.05) is 34.6 Å². The number of carbonyl (C=O) groups is 1. The van der Waals surface area contributed by atoms with Gasteiger partial charge in [-0.05, 0) is 45.0 Å². The molecule has 160 valence electrons. The van der Waals surface area contributed by atoms with Gasteiger partial charge in [-0.2, -0.15) is 4.98 Å². The van der Waals surface area contributed by atoms with Gasteiger partial charge in [0.1, 0.15) is 28.1 Å². The van der Waals surface area contributed by atoms with E-state index in [4.69, 9.17) is 9.26 Å². The minimum Gasteiger partial charge on any atom is -0.486 e. The summed E-state index contributed by atoms with van der Waals surface area (Å²) in [6.07, 6.45) is 0. The van der Waals surface area contributed by atoms with E-state index in [1.54, 1.807) is 19.1 Å². The summed E-state index contributed by atoms with van der Waals surface area (Å²) < 4.78 is 24.0. The molecule has 0 atom stereocenters. The Balaban J connectivity index is 1.69. The quantitative estimate of drug-likeness (QED) is 0.616. The molecule has 0 saturated heterocycles. The molecule has 7 nitrogen and oxygen atoms in total. The fraction of sp³-hybridized carbons (Fsp3) is 0.429. The largest absolute Gasteiger partial charge is 0.486 e. The van der Waals surface area contributed by atoms with Crippen LogP contribution in [0.2, 0.25) is 0 Å². The van der Waals surface area contributed by atoms with E-state index < -0.39 is 5.54 Å². The zero-order valence-electron chi connectivity index (χ0n) is 17.9. The predicted molar refractivity (Wildman–Crippen MR) is 111 cm³/mol. The van der Waals surface area contributed by atoms with Crippen molar-refractivity contribution in [3.05, 3.63) is 57.4 Å². The van der Waals surface area contributed by atoms with Gasteiger partial charge in [0.05, 0.1) is 11.2 Å². The Morgan fingerprint density at radius 3 is 2.43 bits per heavy atom. The van der Waals surface area contributed by atoms with E-state index >= 15 is 0 Å². The van der Waals surface area contributed by atoms with Crippen LogP contribution in [0.4, 0.5) is 4.39 Å². The standard InChI is InChI=1S/C21H25FN4O3S/c1-12-16(30-15(23-12)11-28-14-9-7-13(22)8-10-14)17(27)25-21(5,6)18-24-19(29-26-18)20(2,3)4/h7-10H,11H2,1-6H3,(H,25,27). The Labute approximate surface area is 178 Å². The molecule has 30 heavy (non-hydrogen) atoms. The molecule has 0 aliphatic rings. The average Bonchev–Trinajstić information content (AvgIpc) is 3.28. The van der Waals surface area contributed by atoms with E-state index in [0.29, 0.717) is 33.0 Å². The second kappa shape index (κ2) is 8.14. The third kappa shape index (κ3) is 5.02. The maximum Gasteiger partial charge on any atom is 0.264 e. The number of halogens is 1. The molecule has 1 N–H and O–H groups in total. The molecular weight excluding hydrogens is 407 g/mol. The van der Waals surface area contributed by atoms with E-state index in [9.17, 15) is 9.18 Å². The number of hydrogen-bond acceptors (Lipinski definition) is 7. The third-order valence-electron chi connectivity index (χ3n) is 4.28. The van der Waals surface area contributed by atoms with Crippen LogP contribution < -0.4 is 10.1 Å². The van der Waals surface area contributed by atoms with Crippen LogP contribution >= 0.6 is 11.3 Å². The van der Waals surface area contributed by atoms with Crippen LogP contribution in [-0.2, 0) is 17.6 Å². The van der Waals surface area contributed by atoms with Gasteiger partial charge in [0.15, 0.2) is 5.82 Å². The summed E-state index contributed by atoms with van der Waals surface area (Å²) in [5.41, 5.74) is -0.501. The summed E-state index contributed by atoms with van der Waals surface area (Å²) in [4.78, 5) is 22.2. The fourth-order valence-corrected chi connectivity index (χ4v) is 3.45. The number of amides is 1. The zero-order valence-corrected chi connectivity index (χ0v) is 18.7. The lowest BCUT2D eigenvalue weighted by molar-refractivity contribution is 0.0910. The Hall–Kier alpha value is -2.81. The Kier molecular flexibility index (Phi) is 5.94.